The quantitative estimate of drug-likeness (QED) is 0.686. The minimum atomic E-state index is -0.212. The van der Waals surface area contributed by atoms with Crippen LogP contribution in [0.25, 0.3) is 0 Å². The summed E-state index contributed by atoms with van der Waals surface area (Å²) in [6, 6.07) is 7.33. The molecule has 1 amide bonds. The summed E-state index contributed by atoms with van der Waals surface area (Å²) in [7, 11) is 0. The van der Waals surface area contributed by atoms with E-state index in [0.717, 1.165) is 6.42 Å². The number of hydrogen-bond acceptors (Lipinski definition) is 4. The lowest BCUT2D eigenvalue weighted by Crippen LogP contribution is -2.21. The van der Waals surface area contributed by atoms with Crippen LogP contribution in [0, 0.1) is 0 Å². The van der Waals surface area contributed by atoms with Crippen molar-refractivity contribution in [2.24, 2.45) is 5.73 Å². The fraction of sp³-hybridized carbons (Fsp3) is 0.462. The number of amides is 1. The maximum absolute atomic E-state index is 11.6. The zero-order valence-electron chi connectivity index (χ0n) is 10.6. The first-order valence-electron chi connectivity index (χ1n) is 6.07. The fourth-order valence-electron chi connectivity index (χ4n) is 1.34. The van der Waals surface area contributed by atoms with Crippen LogP contribution in [0.2, 0.25) is 0 Å². The lowest BCUT2D eigenvalue weighted by Gasteiger charge is -2.11. The molecule has 18 heavy (non-hydrogen) atoms. The van der Waals surface area contributed by atoms with Crippen LogP contribution in [-0.4, -0.2) is 32.3 Å². The molecule has 0 aliphatic heterocycles. The van der Waals surface area contributed by atoms with Crippen LogP contribution in [0.15, 0.2) is 24.3 Å². The molecule has 0 fully saturated rings. The molecule has 5 nitrogen and oxygen atoms in total. The summed E-state index contributed by atoms with van der Waals surface area (Å²) in [5.41, 5.74) is 5.93. The number of nitrogens with two attached hydrogens (primary N) is 1. The van der Waals surface area contributed by atoms with Gasteiger partial charge in [0.2, 0.25) is 5.91 Å². The highest BCUT2D eigenvalue weighted by Crippen LogP contribution is 2.23. The van der Waals surface area contributed by atoms with Gasteiger partial charge < -0.3 is 20.5 Å². The number of carbonyl (C=O) groups excluding carboxylic acids is 1. The van der Waals surface area contributed by atoms with Crippen LogP contribution in [-0.2, 0) is 9.53 Å². The van der Waals surface area contributed by atoms with Crippen molar-refractivity contribution < 1.29 is 14.3 Å². The van der Waals surface area contributed by atoms with E-state index in [4.69, 9.17) is 15.2 Å². The van der Waals surface area contributed by atoms with Gasteiger partial charge in [-0.3, -0.25) is 4.79 Å². The fourth-order valence-corrected chi connectivity index (χ4v) is 1.34. The first-order valence-corrected chi connectivity index (χ1v) is 6.07. The van der Waals surface area contributed by atoms with Crippen molar-refractivity contribution in [3.8, 4) is 5.75 Å². The van der Waals surface area contributed by atoms with E-state index in [0.29, 0.717) is 31.2 Å². The third-order valence-corrected chi connectivity index (χ3v) is 2.12. The third-order valence-electron chi connectivity index (χ3n) is 2.12. The average Bonchev–Trinajstić information content (AvgIpc) is 2.38. The van der Waals surface area contributed by atoms with Crippen molar-refractivity contribution in [1.29, 1.82) is 0 Å². The lowest BCUT2D eigenvalue weighted by atomic mass is 10.3. The van der Waals surface area contributed by atoms with Gasteiger partial charge in [-0.2, -0.15) is 0 Å². The molecular formula is C13H20N2O3. The SMILES string of the molecule is CCCOc1ccccc1NC(=O)COCCN. The number of para-hydroxylation sites is 2. The molecule has 0 unspecified atom stereocenters. The molecule has 0 aliphatic carbocycles. The summed E-state index contributed by atoms with van der Waals surface area (Å²) in [5, 5.41) is 2.75. The van der Waals surface area contributed by atoms with E-state index in [-0.39, 0.29) is 12.5 Å². The molecule has 3 N–H and O–H groups in total. The molecule has 0 saturated heterocycles. The van der Waals surface area contributed by atoms with Crippen LogP contribution in [0.4, 0.5) is 5.69 Å². The summed E-state index contributed by atoms with van der Waals surface area (Å²) in [5.74, 6) is 0.461. The summed E-state index contributed by atoms with van der Waals surface area (Å²) in [6.07, 6.45) is 0.919. The molecule has 0 bridgehead atoms. The Hall–Kier alpha value is -1.59. The highest BCUT2D eigenvalue weighted by Gasteiger charge is 2.07. The molecule has 1 rings (SSSR count). The Bertz CT molecular complexity index is 369. The topological polar surface area (TPSA) is 73.6 Å². The van der Waals surface area contributed by atoms with Gasteiger partial charge in [0.15, 0.2) is 0 Å². The summed E-state index contributed by atoms with van der Waals surface area (Å²) in [6.45, 7) is 3.43. The van der Waals surface area contributed by atoms with Gasteiger partial charge in [-0.1, -0.05) is 19.1 Å². The van der Waals surface area contributed by atoms with Crippen LogP contribution < -0.4 is 15.8 Å². The largest absolute Gasteiger partial charge is 0.491 e. The molecule has 0 radical (unpaired) electrons. The molecule has 0 aliphatic rings. The first-order chi connectivity index (χ1) is 8.77. The van der Waals surface area contributed by atoms with Gasteiger partial charge in [0, 0.05) is 6.54 Å². The van der Waals surface area contributed by atoms with Crippen molar-refractivity contribution in [2.45, 2.75) is 13.3 Å². The maximum Gasteiger partial charge on any atom is 0.250 e. The number of benzene rings is 1. The molecule has 0 atom stereocenters. The van der Waals surface area contributed by atoms with Crippen molar-refractivity contribution >= 4 is 11.6 Å². The maximum atomic E-state index is 11.6. The van der Waals surface area contributed by atoms with Crippen molar-refractivity contribution in [3.05, 3.63) is 24.3 Å². The molecule has 0 heterocycles. The Morgan fingerprint density at radius 1 is 1.33 bits per heavy atom. The molecule has 1 aromatic carbocycles. The van der Waals surface area contributed by atoms with Crippen LogP contribution in [0.5, 0.6) is 5.75 Å². The average molecular weight is 252 g/mol. The molecule has 0 spiro atoms. The number of anilines is 1. The minimum absolute atomic E-state index is 0.000682. The lowest BCUT2D eigenvalue weighted by molar-refractivity contribution is -0.120. The number of rotatable bonds is 8. The number of carbonyl (C=O) groups is 1. The summed E-state index contributed by atoms with van der Waals surface area (Å²) < 4.78 is 10.6. The van der Waals surface area contributed by atoms with Gasteiger partial charge in [-0.15, -0.1) is 0 Å². The van der Waals surface area contributed by atoms with Crippen LogP contribution >= 0.6 is 0 Å². The highest BCUT2D eigenvalue weighted by molar-refractivity contribution is 5.93. The normalized spacial score (nSPS) is 10.1. The number of ether oxygens (including phenoxy) is 2. The van der Waals surface area contributed by atoms with E-state index in [2.05, 4.69) is 5.32 Å². The third kappa shape index (κ3) is 5.16. The second-order valence-corrected chi connectivity index (χ2v) is 3.73. The minimum Gasteiger partial charge on any atom is -0.491 e. The molecular weight excluding hydrogens is 232 g/mol. The van der Waals surface area contributed by atoms with Crippen molar-refractivity contribution in [1.82, 2.24) is 0 Å². The van der Waals surface area contributed by atoms with Crippen LogP contribution in [0.1, 0.15) is 13.3 Å². The van der Waals surface area contributed by atoms with Crippen molar-refractivity contribution in [3.63, 3.8) is 0 Å². The molecule has 100 valence electrons. The standard InChI is InChI=1S/C13H20N2O3/c1-2-8-18-12-6-4-3-5-11(12)15-13(16)10-17-9-7-14/h3-6H,2,7-10,14H2,1H3,(H,15,16). The highest BCUT2D eigenvalue weighted by atomic mass is 16.5. The Morgan fingerprint density at radius 2 is 2.11 bits per heavy atom. The molecule has 0 aromatic heterocycles. The van der Waals surface area contributed by atoms with E-state index in [1.807, 2.05) is 25.1 Å². The Balaban J connectivity index is 2.51. The Kier molecular flexibility index (Phi) is 6.83. The predicted molar refractivity (Wildman–Crippen MR) is 70.7 cm³/mol. The van der Waals surface area contributed by atoms with E-state index >= 15 is 0 Å². The van der Waals surface area contributed by atoms with Gasteiger partial charge >= 0.3 is 0 Å². The molecule has 1 aromatic rings. The Morgan fingerprint density at radius 3 is 2.83 bits per heavy atom. The first kappa shape index (κ1) is 14.5. The van der Waals surface area contributed by atoms with Gasteiger partial charge in [-0.25, -0.2) is 0 Å². The smallest absolute Gasteiger partial charge is 0.250 e. The van der Waals surface area contributed by atoms with Gasteiger partial charge in [0.1, 0.15) is 12.4 Å². The van der Waals surface area contributed by atoms with Gasteiger partial charge in [-0.05, 0) is 18.6 Å². The summed E-state index contributed by atoms with van der Waals surface area (Å²) >= 11 is 0. The second-order valence-electron chi connectivity index (χ2n) is 3.73. The monoisotopic (exact) mass is 252 g/mol. The molecule has 5 heteroatoms. The van der Waals surface area contributed by atoms with Gasteiger partial charge in [0.25, 0.3) is 0 Å². The number of nitrogens with one attached hydrogen (secondary N) is 1. The number of hydrogen-bond donors (Lipinski definition) is 2. The zero-order chi connectivity index (χ0) is 13.2. The Labute approximate surface area is 107 Å². The van der Waals surface area contributed by atoms with Crippen LogP contribution in [0.3, 0.4) is 0 Å². The van der Waals surface area contributed by atoms with Gasteiger partial charge in [0.05, 0.1) is 18.9 Å². The van der Waals surface area contributed by atoms with E-state index < -0.39 is 0 Å². The van der Waals surface area contributed by atoms with Crippen molar-refractivity contribution in [2.75, 3.05) is 31.7 Å². The molecule has 0 saturated carbocycles. The summed E-state index contributed by atoms with van der Waals surface area (Å²) in [4.78, 5) is 11.6. The predicted octanol–water partition coefficient (Wildman–Crippen LogP) is 1.39. The van der Waals surface area contributed by atoms with E-state index in [9.17, 15) is 4.79 Å². The zero-order valence-corrected chi connectivity index (χ0v) is 10.6. The van der Waals surface area contributed by atoms with E-state index in [1.165, 1.54) is 0 Å². The second kappa shape index (κ2) is 8.49. The van der Waals surface area contributed by atoms with E-state index in [1.54, 1.807) is 6.07 Å².